The highest BCUT2D eigenvalue weighted by molar-refractivity contribution is 5.96. The van der Waals surface area contributed by atoms with E-state index in [0.29, 0.717) is 19.0 Å². The molecular formula is C26H29N3O4. The van der Waals surface area contributed by atoms with E-state index in [-0.39, 0.29) is 12.5 Å². The Labute approximate surface area is 193 Å². The van der Waals surface area contributed by atoms with E-state index in [1.54, 1.807) is 0 Å². The van der Waals surface area contributed by atoms with Gasteiger partial charge in [0.1, 0.15) is 5.75 Å². The number of amides is 1. The van der Waals surface area contributed by atoms with Gasteiger partial charge in [-0.1, -0.05) is 30.3 Å². The third kappa shape index (κ3) is 5.21. The first-order chi connectivity index (χ1) is 16.3. The van der Waals surface area contributed by atoms with Gasteiger partial charge in [0.25, 0.3) is 5.91 Å². The molecular weight excluding hydrogens is 418 g/mol. The largest absolute Gasteiger partial charge is 0.484 e. The molecule has 0 unspecified atom stereocenters. The normalized spacial score (nSPS) is 16.6. The van der Waals surface area contributed by atoms with Gasteiger partial charge >= 0.3 is 0 Å². The number of carbonyl (C=O) groups excluding carboxylic acids is 1. The molecule has 2 aliphatic heterocycles. The molecule has 3 aromatic rings. The maximum Gasteiger partial charge on any atom is 0.262 e. The van der Waals surface area contributed by atoms with Crippen molar-refractivity contribution in [2.45, 2.75) is 0 Å². The van der Waals surface area contributed by atoms with Gasteiger partial charge in [0, 0.05) is 31.9 Å². The predicted molar refractivity (Wildman–Crippen MR) is 131 cm³/mol. The number of anilines is 3. The molecule has 0 aromatic heterocycles. The first-order valence-electron chi connectivity index (χ1n) is 11.5. The number of rotatable bonds is 6. The molecule has 33 heavy (non-hydrogen) atoms. The number of nitrogens with zero attached hydrogens (tertiary/aromatic N) is 2. The van der Waals surface area contributed by atoms with Crippen molar-refractivity contribution in [3.05, 3.63) is 60.7 Å². The molecule has 0 spiro atoms. The molecule has 7 heteroatoms. The van der Waals surface area contributed by atoms with Gasteiger partial charge in [0.05, 0.1) is 37.8 Å². The minimum absolute atomic E-state index is 0.0495. The van der Waals surface area contributed by atoms with Gasteiger partial charge in [-0.25, -0.2) is 0 Å². The standard InChI is InChI=1S/C26H29N3O4/c30-26(19-33-23-7-5-20-3-1-2-4-21(20)17-23)27-24-8-6-22(28-9-13-31-14-10-28)18-25(24)29-11-15-32-16-12-29/h1-8,17-18H,9-16,19H2,(H,27,30). The Kier molecular flexibility index (Phi) is 6.60. The number of fused-ring (bicyclic) bond motifs is 1. The van der Waals surface area contributed by atoms with Crippen molar-refractivity contribution >= 4 is 33.7 Å². The Morgan fingerprint density at radius 2 is 1.52 bits per heavy atom. The molecule has 2 fully saturated rings. The van der Waals surface area contributed by atoms with Crippen LogP contribution in [-0.4, -0.2) is 65.1 Å². The molecule has 0 radical (unpaired) electrons. The van der Waals surface area contributed by atoms with Gasteiger partial charge in [0.2, 0.25) is 0 Å². The topological polar surface area (TPSA) is 63.3 Å². The number of hydrogen-bond acceptors (Lipinski definition) is 6. The Morgan fingerprint density at radius 1 is 0.818 bits per heavy atom. The fraction of sp³-hybridized carbons (Fsp3) is 0.346. The van der Waals surface area contributed by atoms with Crippen LogP contribution in [0.4, 0.5) is 17.1 Å². The molecule has 2 saturated heterocycles. The summed E-state index contributed by atoms with van der Waals surface area (Å²) in [5.41, 5.74) is 2.95. The number of ether oxygens (including phenoxy) is 3. The maximum atomic E-state index is 12.8. The molecule has 1 amide bonds. The monoisotopic (exact) mass is 447 g/mol. The van der Waals surface area contributed by atoms with Gasteiger partial charge in [-0.15, -0.1) is 0 Å². The van der Waals surface area contributed by atoms with Crippen LogP contribution < -0.4 is 19.9 Å². The van der Waals surface area contributed by atoms with E-state index in [0.717, 1.165) is 67.2 Å². The van der Waals surface area contributed by atoms with Gasteiger partial charge in [-0.3, -0.25) is 4.79 Å². The zero-order valence-corrected chi connectivity index (χ0v) is 18.7. The first-order valence-corrected chi connectivity index (χ1v) is 11.5. The van der Waals surface area contributed by atoms with Crippen molar-refractivity contribution in [2.24, 2.45) is 0 Å². The van der Waals surface area contributed by atoms with E-state index in [1.165, 1.54) is 0 Å². The van der Waals surface area contributed by atoms with Crippen LogP contribution in [0.2, 0.25) is 0 Å². The number of nitrogens with one attached hydrogen (secondary N) is 1. The summed E-state index contributed by atoms with van der Waals surface area (Å²) >= 11 is 0. The minimum Gasteiger partial charge on any atom is -0.484 e. The van der Waals surface area contributed by atoms with Crippen LogP contribution in [0, 0.1) is 0 Å². The number of carbonyl (C=O) groups is 1. The summed E-state index contributed by atoms with van der Waals surface area (Å²) in [4.78, 5) is 17.4. The number of hydrogen-bond donors (Lipinski definition) is 1. The lowest BCUT2D eigenvalue weighted by atomic mass is 10.1. The fourth-order valence-electron chi connectivity index (χ4n) is 4.30. The van der Waals surface area contributed by atoms with Crippen LogP contribution in [0.5, 0.6) is 5.75 Å². The lowest BCUT2D eigenvalue weighted by Gasteiger charge is -2.33. The van der Waals surface area contributed by atoms with Crippen LogP contribution in [0.15, 0.2) is 60.7 Å². The summed E-state index contributed by atoms with van der Waals surface area (Å²) in [6.07, 6.45) is 0. The summed E-state index contributed by atoms with van der Waals surface area (Å²) in [6.45, 7) is 6.11. The van der Waals surface area contributed by atoms with Crippen LogP contribution in [0.1, 0.15) is 0 Å². The van der Waals surface area contributed by atoms with E-state index in [9.17, 15) is 4.79 Å². The molecule has 0 aliphatic carbocycles. The highest BCUT2D eigenvalue weighted by Gasteiger charge is 2.19. The predicted octanol–water partition coefficient (Wildman–Crippen LogP) is 3.53. The molecule has 7 nitrogen and oxygen atoms in total. The van der Waals surface area contributed by atoms with Crippen molar-refractivity contribution in [2.75, 3.05) is 74.3 Å². The third-order valence-electron chi connectivity index (χ3n) is 6.07. The van der Waals surface area contributed by atoms with Crippen molar-refractivity contribution in [1.29, 1.82) is 0 Å². The molecule has 0 atom stereocenters. The molecule has 1 N–H and O–H groups in total. The summed E-state index contributed by atoms with van der Waals surface area (Å²) in [5, 5.41) is 5.29. The van der Waals surface area contributed by atoms with Gasteiger partial charge in [-0.05, 0) is 41.1 Å². The molecule has 2 aliphatic rings. The second-order valence-electron chi connectivity index (χ2n) is 8.25. The lowest BCUT2D eigenvalue weighted by molar-refractivity contribution is -0.118. The van der Waals surface area contributed by atoms with E-state index in [1.807, 2.05) is 42.5 Å². The number of benzene rings is 3. The highest BCUT2D eigenvalue weighted by Crippen LogP contribution is 2.32. The van der Waals surface area contributed by atoms with Crippen LogP contribution in [0.25, 0.3) is 10.8 Å². The van der Waals surface area contributed by atoms with Crippen molar-refractivity contribution in [3.63, 3.8) is 0 Å². The average Bonchev–Trinajstić information content (AvgIpc) is 2.88. The highest BCUT2D eigenvalue weighted by atomic mass is 16.5. The Bertz CT molecular complexity index is 1110. The van der Waals surface area contributed by atoms with Crippen LogP contribution in [-0.2, 0) is 14.3 Å². The van der Waals surface area contributed by atoms with Crippen molar-refractivity contribution < 1.29 is 19.0 Å². The zero-order chi connectivity index (χ0) is 22.5. The van der Waals surface area contributed by atoms with Gasteiger partial charge in [0.15, 0.2) is 6.61 Å². The van der Waals surface area contributed by atoms with Gasteiger partial charge in [-0.2, -0.15) is 0 Å². The van der Waals surface area contributed by atoms with Crippen molar-refractivity contribution in [3.8, 4) is 5.75 Å². The summed E-state index contributed by atoms with van der Waals surface area (Å²) < 4.78 is 16.8. The Hall–Kier alpha value is -3.29. The summed E-state index contributed by atoms with van der Waals surface area (Å²) in [6, 6.07) is 20.2. The first kappa shape index (κ1) is 21.6. The molecule has 3 aromatic carbocycles. The van der Waals surface area contributed by atoms with Crippen LogP contribution in [0.3, 0.4) is 0 Å². The molecule has 0 bridgehead atoms. The smallest absolute Gasteiger partial charge is 0.262 e. The van der Waals surface area contributed by atoms with E-state index in [4.69, 9.17) is 14.2 Å². The quantitative estimate of drug-likeness (QED) is 0.624. The van der Waals surface area contributed by atoms with Crippen molar-refractivity contribution in [1.82, 2.24) is 0 Å². The fourth-order valence-corrected chi connectivity index (χ4v) is 4.30. The maximum absolute atomic E-state index is 12.8. The molecule has 2 heterocycles. The van der Waals surface area contributed by atoms with Crippen LogP contribution >= 0.6 is 0 Å². The Balaban J connectivity index is 1.29. The second kappa shape index (κ2) is 10.1. The lowest BCUT2D eigenvalue weighted by Crippen LogP contribution is -2.38. The average molecular weight is 448 g/mol. The SMILES string of the molecule is O=C(COc1ccc2ccccc2c1)Nc1ccc(N2CCOCC2)cc1N1CCOCC1. The second-order valence-corrected chi connectivity index (χ2v) is 8.25. The minimum atomic E-state index is -0.184. The van der Waals surface area contributed by atoms with Gasteiger partial charge < -0.3 is 29.3 Å². The van der Waals surface area contributed by atoms with E-state index < -0.39 is 0 Å². The Morgan fingerprint density at radius 3 is 2.27 bits per heavy atom. The molecule has 5 rings (SSSR count). The summed E-state index contributed by atoms with van der Waals surface area (Å²) in [5.74, 6) is 0.497. The number of morpholine rings is 2. The third-order valence-corrected chi connectivity index (χ3v) is 6.07. The van der Waals surface area contributed by atoms with E-state index >= 15 is 0 Å². The summed E-state index contributed by atoms with van der Waals surface area (Å²) in [7, 11) is 0. The molecule has 172 valence electrons. The van der Waals surface area contributed by atoms with E-state index in [2.05, 4.69) is 33.3 Å². The molecule has 0 saturated carbocycles. The zero-order valence-electron chi connectivity index (χ0n) is 18.7.